The average molecular weight is 228 g/mol. The zero-order valence-electron chi connectivity index (χ0n) is 8.17. The molecule has 0 bridgehead atoms. The van der Waals surface area contributed by atoms with Crippen molar-refractivity contribution in [1.29, 1.82) is 5.26 Å². The quantitative estimate of drug-likeness (QED) is 0.152. The lowest BCUT2D eigenvalue weighted by Gasteiger charge is -2.00. The van der Waals surface area contributed by atoms with E-state index >= 15 is 0 Å². The van der Waals surface area contributed by atoms with Crippen molar-refractivity contribution in [3.8, 4) is 6.26 Å². The Morgan fingerprint density at radius 3 is 2.38 bits per heavy atom. The minimum Gasteiger partial charge on any atom is -0.427 e. The highest BCUT2D eigenvalue weighted by Gasteiger charge is 2.09. The zero-order valence-corrected chi connectivity index (χ0v) is 8.17. The van der Waals surface area contributed by atoms with Crippen molar-refractivity contribution in [2.24, 2.45) is 4.99 Å². The van der Waals surface area contributed by atoms with E-state index in [0.29, 0.717) is 0 Å². The van der Waals surface area contributed by atoms with Crippen molar-refractivity contribution >= 4 is 18.0 Å². The number of carbonyl (C=O) groups excluding carboxylic acids is 3. The van der Waals surface area contributed by atoms with Crippen molar-refractivity contribution in [1.82, 2.24) is 0 Å². The third kappa shape index (κ3) is 8.22. The van der Waals surface area contributed by atoms with Crippen LogP contribution in [0.2, 0.25) is 0 Å². The van der Waals surface area contributed by atoms with Gasteiger partial charge in [0.05, 0.1) is 19.4 Å². The maximum absolute atomic E-state index is 10.8. The Morgan fingerprint density at radius 1 is 1.19 bits per heavy atom. The van der Waals surface area contributed by atoms with Gasteiger partial charge in [-0.2, -0.15) is 5.26 Å². The second-order valence-corrected chi connectivity index (χ2v) is 2.32. The van der Waals surface area contributed by atoms with Gasteiger partial charge in [-0.05, 0) is 0 Å². The Morgan fingerprint density at radius 2 is 1.81 bits per heavy atom. The Kier molecular flexibility index (Phi) is 7.81. The Labute approximate surface area is 90.3 Å². The fourth-order valence-electron chi connectivity index (χ4n) is 0.549. The summed E-state index contributed by atoms with van der Waals surface area (Å²) in [5, 5.41) is 7.97. The van der Waals surface area contributed by atoms with Crippen LogP contribution in [0.15, 0.2) is 4.99 Å². The second-order valence-electron chi connectivity index (χ2n) is 2.32. The van der Waals surface area contributed by atoms with Crippen molar-refractivity contribution in [3.63, 3.8) is 0 Å². The molecule has 0 spiro atoms. The van der Waals surface area contributed by atoms with Crippen LogP contribution in [0, 0.1) is 11.5 Å². The molecule has 8 heteroatoms. The van der Waals surface area contributed by atoms with E-state index in [1.165, 1.54) is 12.3 Å². The number of hydrogen-bond donors (Lipinski definition) is 0. The first-order valence-corrected chi connectivity index (χ1v) is 4.15. The SMILES string of the molecule is N#COCCC(=O)OOC(=O)CCN=C=O. The lowest BCUT2D eigenvalue weighted by atomic mass is 10.4. The summed E-state index contributed by atoms with van der Waals surface area (Å²) in [5.74, 6) is -1.68. The number of aliphatic imine (C=N–C) groups is 1. The topological polar surface area (TPSA) is 115 Å². The summed E-state index contributed by atoms with van der Waals surface area (Å²) in [5.41, 5.74) is 0. The molecule has 0 saturated heterocycles. The molecular weight excluding hydrogens is 220 g/mol. The highest BCUT2D eigenvalue weighted by molar-refractivity contribution is 5.73. The molecule has 0 heterocycles. The van der Waals surface area contributed by atoms with Gasteiger partial charge in [0, 0.05) is 0 Å². The van der Waals surface area contributed by atoms with E-state index in [9.17, 15) is 14.4 Å². The number of hydrogen-bond acceptors (Lipinski definition) is 8. The standard InChI is InChI=1S/C8H8N2O6/c9-5-14-4-2-8(13)16-15-7(12)1-3-10-6-11/h1-4H2. The molecule has 0 aliphatic carbocycles. The van der Waals surface area contributed by atoms with Gasteiger partial charge >= 0.3 is 11.9 Å². The highest BCUT2D eigenvalue weighted by Crippen LogP contribution is 1.92. The monoisotopic (exact) mass is 228 g/mol. The zero-order chi connectivity index (χ0) is 12.2. The van der Waals surface area contributed by atoms with E-state index in [-0.39, 0.29) is 26.0 Å². The molecule has 16 heavy (non-hydrogen) atoms. The summed E-state index contributed by atoms with van der Waals surface area (Å²) in [7, 11) is 0. The first kappa shape index (κ1) is 13.6. The van der Waals surface area contributed by atoms with E-state index in [2.05, 4.69) is 19.5 Å². The van der Waals surface area contributed by atoms with Gasteiger partial charge in [-0.25, -0.2) is 29.2 Å². The number of ether oxygens (including phenoxy) is 1. The van der Waals surface area contributed by atoms with Gasteiger partial charge in [0.1, 0.15) is 6.61 Å². The Balaban J connectivity index is 3.55. The van der Waals surface area contributed by atoms with Crippen LogP contribution in [0.5, 0.6) is 0 Å². The predicted molar refractivity (Wildman–Crippen MR) is 46.0 cm³/mol. The van der Waals surface area contributed by atoms with Gasteiger partial charge in [-0.3, -0.25) is 0 Å². The van der Waals surface area contributed by atoms with Crippen LogP contribution in [0.25, 0.3) is 0 Å². The van der Waals surface area contributed by atoms with Gasteiger partial charge < -0.3 is 4.74 Å². The fourth-order valence-corrected chi connectivity index (χ4v) is 0.549. The van der Waals surface area contributed by atoms with Gasteiger partial charge in [0.25, 0.3) is 6.26 Å². The molecule has 0 atom stereocenters. The van der Waals surface area contributed by atoms with E-state index in [1.54, 1.807) is 0 Å². The third-order valence-corrected chi connectivity index (χ3v) is 1.19. The average Bonchev–Trinajstić information content (AvgIpc) is 2.27. The first-order valence-electron chi connectivity index (χ1n) is 4.15. The third-order valence-electron chi connectivity index (χ3n) is 1.19. The molecule has 0 rings (SSSR count). The molecule has 0 aromatic carbocycles. The molecule has 86 valence electrons. The predicted octanol–water partition coefficient (Wildman–Crippen LogP) is -0.399. The molecule has 0 amide bonds. The van der Waals surface area contributed by atoms with Crippen LogP contribution in [0.4, 0.5) is 0 Å². The molecule has 0 aromatic rings. The Bertz CT molecular complexity index is 328. The molecule has 0 aliphatic rings. The molecule has 8 nitrogen and oxygen atoms in total. The molecular formula is C8H8N2O6. The van der Waals surface area contributed by atoms with Gasteiger partial charge in [-0.1, -0.05) is 0 Å². The van der Waals surface area contributed by atoms with Gasteiger partial charge in [0.2, 0.25) is 6.08 Å². The molecule has 0 aliphatic heterocycles. The smallest absolute Gasteiger partial charge is 0.359 e. The normalized spacial score (nSPS) is 8.19. The minimum absolute atomic E-state index is 0.0859. The van der Waals surface area contributed by atoms with E-state index in [1.807, 2.05) is 0 Å². The summed E-state index contributed by atoms with van der Waals surface area (Å²) >= 11 is 0. The summed E-state index contributed by atoms with van der Waals surface area (Å²) in [4.78, 5) is 42.4. The van der Waals surface area contributed by atoms with Gasteiger partial charge in [-0.15, -0.1) is 0 Å². The van der Waals surface area contributed by atoms with Gasteiger partial charge in [0.15, 0.2) is 0 Å². The first-order chi connectivity index (χ1) is 7.70. The van der Waals surface area contributed by atoms with Crippen LogP contribution in [0.3, 0.4) is 0 Å². The summed E-state index contributed by atoms with van der Waals surface area (Å²) in [6.45, 7) is -0.236. The van der Waals surface area contributed by atoms with E-state index < -0.39 is 11.9 Å². The van der Waals surface area contributed by atoms with Crippen LogP contribution < -0.4 is 0 Å². The number of carbonyl (C=O) groups is 2. The number of rotatable bonds is 6. The number of isocyanates is 1. The number of nitrogens with zero attached hydrogens (tertiary/aromatic N) is 2. The second kappa shape index (κ2) is 9.18. The lowest BCUT2D eigenvalue weighted by Crippen LogP contribution is -2.13. The van der Waals surface area contributed by atoms with E-state index in [4.69, 9.17) is 5.26 Å². The van der Waals surface area contributed by atoms with Crippen molar-refractivity contribution in [2.75, 3.05) is 13.2 Å². The molecule has 0 fully saturated rings. The molecule has 0 N–H and O–H groups in total. The van der Waals surface area contributed by atoms with Crippen LogP contribution in [0.1, 0.15) is 12.8 Å². The van der Waals surface area contributed by atoms with Crippen LogP contribution in [-0.4, -0.2) is 31.2 Å². The van der Waals surface area contributed by atoms with Crippen molar-refractivity contribution < 1.29 is 28.9 Å². The molecule has 0 radical (unpaired) electrons. The van der Waals surface area contributed by atoms with Crippen LogP contribution >= 0.6 is 0 Å². The van der Waals surface area contributed by atoms with Crippen molar-refractivity contribution in [2.45, 2.75) is 12.8 Å². The maximum atomic E-state index is 10.8. The molecule has 0 aromatic heterocycles. The molecule has 0 unspecified atom stereocenters. The largest absolute Gasteiger partial charge is 0.427 e. The highest BCUT2D eigenvalue weighted by atomic mass is 17.2. The van der Waals surface area contributed by atoms with Crippen LogP contribution in [-0.2, 0) is 28.9 Å². The lowest BCUT2D eigenvalue weighted by molar-refractivity contribution is -0.259. The molecule has 0 saturated carbocycles. The minimum atomic E-state index is -0.845. The maximum Gasteiger partial charge on any atom is 0.359 e. The Hall–Kier alpha value is -2.39. The van der Waals surface area contributed by atoms with Crippen molar-refractivity contribution in [3.05, 3.63) is 0 Å². The number of nitriles is 1. The fraction of sp³-hybridized carbons (Fsp3) is 0.500. The van der Waals surface area contributed by atoms with E-state index in [0.717, 1.165) is 0 Å². The summed E-state index contributed by atoms with van der Waals surface area (Å²) in [6, 6.07) is 0. The summed E-state index contributed by atoms with van der Waals surface area (Å²) in [6.07, 6.45) is 2.18. The summed E-state index contributed by atoms with van der Waals surface area (Å²) < 4.78 is 4.20.